The van der Waals surface area contributed by atoms with Gasteiger partial charge in [0.15, 0.2) is 0 Å². The number of carboxylic acid groups (broad SMARTS) is 1. The zero-order valence-electron chi connectivity index (χ0n) is 14.1. The average molecular weight is 331 g/mol. The zero-order chi connectivity index (χ0) is 17.1. The van der Waals surface area contributed by atoms with Gasteiger partial charge in [-0.15, -0.1) is 0 Å². The Morgan fingerprint density at radius 2 is 2.21 bits per heavy atom. The summed E-state index contributed by atoms with van der Waals surface area (Å²) < 4.78 is 5.26. The lowest BCUT2D eigenvalue weighted by atomic mass is 9.93. The summed E-state index contributed by atoms with van der Waals surface area (Å²) in [6.45, 7) is 1.52. The first-order valence-electron chi connectivity index (χ1n) is 8.73. The summed E-state index contributed by atoms with van der Waals surface area (Å²) in [6.07, 6.45) is 3.78. The van der Waals surface area contributed by atoms with E-state index in [2.05, 4.69) is 6.07 Å². The molecule has 0 unspecified atom stereocenters. The quantitative estimate of drug-likeness (QED) is 0.870. The first kappa shape index (κ1) is 16.8. The van der Waals surface area contributed by atoms with Crippen molar-refractivity contribution in [2.75, 3.05) is 20.2 Å². The van der Waals surface area contributed by atoms with Crippen LogP contribution in [0.4, 0.5) is 0 Å². The molecule has 1 saturated carbocycles. The van der Waals surface area contributed by atoms with E-state index < -0.39 is 5.97 Å². The zero-order valence-corrected chi connectivity index (χ0v) is 14.1. The maximum Gasteiger partial charge on any atom is 0.303 e. The van der Waals surface area contributed by atoms with E-state index in [1.54, 1.807) is 7.11 Å². The molecule has 1 aliphatic carbocycles. The molecule has 1 aromatic rings. The molecule has 1 saturated heterocycles. The topological polar surface area (TPSA) is 66.8 Å². The number of rotatable bonds is 6. The third-order valence-electron chi connectivity index (χ3n) is 5.23. The Bertz CT molecular complexity index is 615. The molecule has 24 heavy (non-hydrogen) atoms. The van der Waals surface area contributed by atoms with E-state index in [9.17, 15) is 9.59 Å². The van der Waals surface area contributed by atoms with Gasteiger partial charge in [0.25, 0.3) is 0 Å². The van der Waals surface area contributed by atoms with Crippen LogP contribution in [-0.4, -0.2) is 42.1 Å². The second kappa shape index (κ2) is 7.24. The van der Waals surface area contributed by atoms with Gasteiger partial charge in [0.2, 0.25) is 5.91 Å². The van der Waals surface area contributed by atoms with Crippen LogP contribution >= 0.6 is 0 Å². The standard InChI is InChI=1S/C19H25NO4/c1-24-15-6-2-5-14(10-15)16-11-17(16)19(23)20-9-3-4-13(12-20)7-8-18(21)22/h2,5-6,10,13,16-17H,3-4,7-9,11-12H2,1H3,(H,21,22)/t13-,16-,17-/m0/s1. The summed E-state index contributed by atoms with van der Waals surface area (Å²) in [7, 11) is 1.65. The van der Waals surface area contributed by atoms with Gasteiger partial charge in [-0.2, -0.15) is 0 Å². The molecule has 2 aliphatic rings. The van der Waals surface area contributed by atoms with Gasteiger partial charge in [0.1, 0.15) is 5.75 Å². The van der Waals surface area contributed by atoms with E-state index in [0.717, 1.165) is 31.6 Å². The number of likely N-dealkylation sites (tertiary alicyclic amines) is 1. The predicted octanol–water partition coefficient (Wildman–Crippen LogP) is 2.90. The Labute approximate surface area is 142 Å². The van der Waals surface area contributed by atoms with Gasteiger partial charge in [-0.05, 0) is 55.2 Å². The van der Waals surface area contributed by atoms with Gasteiger partial charge in [0.05, 0.1) is 7.11 Å². The maximum atomic E-state index is 12.8. The van der Waals surface area contributed by atoms with Crippen molar-refractivity contribution in [3.8, 4) is 5.75 Å². The molecule has 0 radical (unpaired) electrons. The van der Waals surface area contributed by atoms with E-state index in [-0.39, 0.29) is 18.2 Å². The molecule has 0 bridgehead atoms. The minimum atomic E-state index is -0.751. The smallest absolute Gasteiger partial charge is 0.303 e. The van der Waals surface area contributed by atoms with Gasteiger partial charge in [-0.1, -0.05) is 12.1 Å². The number of carboxylic acids is 1. The van der Waals surface area contributed by atoms with Crippen molar-refractivity contribution in [3.63, 3.8) is 0 Å². The Balaban J connectivity index is 1.56. The van der Waals surface area contributed by atoms with Crippen molar-refractivity contribution in [2.45, 2.75) is 38.0 Å². The van der Waals surface area contributed by atoms with Crippen molar-refractivity contribution in [1.82, 2.24) is 4.90 Å². The van der Waals surface area contributed by atoms with Crippen molar-refractivity contribution < 1.29 is 19.4 Å². The molecule has 0 aromatic heterocycles. The normalized spacial score (nSPS) is 26.0. The largest absolute Gasteiger partial charge is 0.497 e. The number of aliphatic carboxylic acids is 1. The molecule has 1 amide bonds. The SMILES string of the molecule is COc1cccc([C@@H]2C[C@@H]2C(=O)N2CCC[C@@H](CCC(=O)O)C2)c1. The molecule has 1 aliphatic heterocycles. The number of methoxy groups -OCH3 is 1. The fourth-order valence-corrected chi connectivity index (χ4v) is 3.77. The van der Waals surface area contributed by atoms with Crippen molar-refractivity contribution >= 4 is 11.9 Å². The highest BCUT2D eigenvalue weighted by molar-refractivity contribution is 5.83. The highest BCUT2D eigenvalue weighted by Gasteiger charge is 2.46. The molecule has 130 valence electrons. The van der Waals surface area contributed by atoms with Crippen molar-refractivity contribution in [2.24, 2.45) is 11.8 Å². The number of amides is 1. The molecule has 0 spiro atoms. The Kier molecular flexibility index (Phi) is 5.07. The fraction of sp³-hybridized carbons (Fsp3) is 0.579. The van der Waals surface area contributed by atoms with E-state index in [4.69, 9.17) is 9.84 Å². The van der Waals surface area contributed by atoms with Crippen molar-refractivity contribution in [1.29, 1.82) is 0 Å². The van der Waals surface area contributed by atoms with Crippen LogP contribution in [0.25, 0.3) is 0 Å². The molecule has 2 fully saturated rings. The first-order chi connectivity index (χ1) is 11.6. The molecule has 1 heterocycles. The molecule has 3 rings (SSSR count). The monoisotopic (exact) mass is 331 g/mol. The van der Waals surface area contributed by atoms with Crippen LogP contribution in [0.5, 0.6) is 5.75 Å². The Morgan fingerprint density at radius 3 is 2.96 bits per heavy atom. The number of carbonyl (C=O) groups excluding carboxylic acids is 1. The highest BCUT2D eigenvalue weighted by atomic mass is 16.5. The summed E-state index contributed by atoms with van der Waals surface area (Å²) in [4.78, 5) is 25.5. The molecule has 1 aromatic carbocycles. The van der Waals surface area contributed by atoms with E-state index in [1.165, 1.54) is 5.56 Å². The van der Waals surface area contributed by atoms with Crippen LogP contribution < -0.4 is 4.74 Å². The van der Waals surface area contributed by atoms with Gasteiger partial charge in [0, 0.05) is 25.4 Å². The number of benzene rings is 1. The predicted molar refractivity (Wildman–Crippen MR) is 90.0 cm³/mol. The molecule has 5 nitrogen and oxygen atoms in total. The number of piperidine rings is 1. The summed E-state index contributed by atoms with van der Waals surface area (Å²) in [5, 5.41) is 8.83. The number of nitrogens with zero attached hydrogens (tertiary/aromatic N) is 1. The van der Waals surface area contributed by atoms with Crippen LogP contribution in [-0.2, 0) is 9.59 Å². The molecule has 1 N–H and O–H groups in total. The van der Waals surface area contributed by atoms with Gasteiger partial charge >= 0.3 is 5.97 Å². The van der Waals surface area contributed by atoms with Gasteiger partial charge in [-0.25, -0.2) is 0 Å². The molecule has 3 atom stereocenters. The van der Waals surface area contributed by atoms with Crippen LogP contribution in [0.1, 0.15) is 43.6 Å². The first-order valence-corrected chi connectivity index (χ1v) is 8.73. The van der Waals surface area contributed by atoms with Crippen LogP contribution in [0.2, 0.25) is 0 Å². The van der Waals surface area contributed by atoms with Gasteiger partial charge in [-0.3, -0.25) is 9.59 Å². The minimum Gasteiger partial charge on any atom is -0.497 e. The third-order valence-corrected chi connectivity index (χ3v) is 5.23. The number of hydrogen-bond acceptors (Lipinski definition) is 3. The van der Waals surface area contributed by atoms with E-state index in [0.29, 0.717) is 24.8 Å². The lowest BCUT2D eigenvalue weighted by Crippen LogP contribution is -2.41. The number of carbonyl (C=O) groups is 2. The summed E-state index contributed by atoms with van der Waals surface area (Å²) in [5.74, 6) is 1.02. The second-order valence-electron chi connectivity index (χ2n) is 6.95. The maximum absolute atomic E-state index is 12.8. The average Bonchev–Trinajstić information content (AvgIpc) is 3.40. The lowest BCUT2D eigenvalue weighted by Gasteiger charge is -2.33. The van der Waals surface area contributed by atoms with Gasteiger partial charge < -0.3 is 14.7 Å². The lowest BCUT2D eigenvalue weighted by molar-refractivity contribution is -0.137. The summed E-state index contributed by atoms with van der Waals surface area (Å²) in [5.41, 5.74) is 1.17. The minimum absolute atomic E-state index is 0.0790. The summed E-state index contributed by atoms with van der Waals surface area (Å²) in [6, 6.07) is 7.97. The number of ether oxygens (including phenoxy) is 1. The third kappa shape index (κ3) is 3.89. The summed E-state index contributed by atoms with van der Waals surface area (Å²) >= 11 is 0. The molecular weight excluding hydrogens is 306 g/mol. The molecule has 5 heteroatoms. The van der Waals surface area contributed by atoms with Crippen LogP contribution in [0.15, 0.2) is 24.3 Å². The number of hydrogen-bond donors (Lipinski definition) is 1. The highest BCUT2D eigenvalue weighted by Crippen LogP contribution is 2.49. The Morgan fingerprint density at radius 1 is 1.38 bits per heavy atom. The second-order valence-corrected chi connectivity index (χ2v) is 6.95. The van der Waals surface area contributed by atoms with E-state index in [1.807, 2.05) is 23.1 Å². The van der Waals surface area contributed by atoms with Crippen LogP contribution in [0.3, 0.4) is 0 Å². The van der Waals surface area contributed by atoms with E-state index >= 15 is 0 Å². The Hall–Kier alpha value is -2.04. The van der Waals surface area contributed by atoms with Crippen molar-refractivity contribution in [3.05, 3.63) is 29.8 Å². The molecular formula is C19H25NO4. The fourth-order valence-electron chi connectivity index (χ4n) is 3.77. The van der Waals surface area contributed by atoms with Crippen LogP contribution in [0, 0.1) is 11.8 Å².